The van der Waals surface area contributed by atoms with Crippen molar-refractivity contribution >= 4 is 21.4 Å². The second-order valence-corrected chi connectivity index (χ2v) is 7.98. The third kappa shape index (κ3) is 7.37. The van der Waals surface area contributed by atoms with E-state index in [2.05, 4.69) is 17.0 Å². The van der Waals surface area contributed by atoms with Gasteiger partial charge in [-0.2, -0.15) is 0 Å². The maximum absolute atomic E-state index is 12.1. The molecule has 0 radical (unpaired) electrons. The molecular formula is C14H26N2O3S2. The Bertz CT molecular complexity index is 486. The molecule has 1 rings (SSSR count). The molecule has 7 heteroatoms. The molecule has 2 N–H and O–H groups in total. The fourth-order valence-electron chi connectivity index (χ4n) is 1.80. The molecule has 0 aromatic carbocycles. The molecule has 1 aromatic rings. The molecule has 122 valence electrons. The zero-order chi connectivity index (χ0) is 15.6. The van der Waals surface area contributed by atoms with Gasteiger partial charge in [0, 0.05) is 25.1 Å². The first kappa shape index (κ1) is 18.6. The Labute approximate surface area is 132 Å². The number of ether oxygens (including phenoxy) is 1. The molecule has 0 aliphatic carbocycles. The molecule has 0 fully saturated rings. The van der Waals surface area contributed by atoms with Gasteiger partial charge in [-0.3, -0.25) is 0 Å². The number of rotatable bonds is 12. The van der Waals surface area contributed by atoms with E-state index in [0.29, 0.717) is 17.4 Å². The Morgan fingerprint density at radius 1 is 1.19 bits per heavy atom. The Kier molecular flexibility index (Phi) is 9.10. The fourth-order valence-corrected chi connectivity index (χ4v) is 4.27. The first-order chi connectivity index (χ1) is 10.1. The summed E-state index contributed by atoms with van der Waals surface area (Å²) in [7, 11) is -1.71. The smallest absolute Gasteiger partial charge is 0.250 e. The third-order valence-corrected chi connectivity index (χ3v) is 6.04. The lowest BCUT2D eigenvalue weighted by Crippen LogP contribution is -2.24. The zero-order valence-electron chi connectivity index (χ0n) is 12.9. The average molecular weight is 335 g/mol. The summed E-state index contributed by atoms with van der Waals surface area (Å²) >= 11 is 1.35. The van der Waals surface area contributed by atoms with Gasteiger partial charge < -0.3 is 10.1 Å². The average Bonchev–Trinajstić information content (AvgIpc) is 2.93. The molecular weight excluding hydrogens is 308 g/mol. The second kappa shape index (κ2) is 10.3. The highest BCUT2D eigenvalue weighted by molar-refractivity contribution is 7.91. The van der Waals surface area contributed by atoms with Crippen LogP contribution < -0.4 is 10.0 Å². The van der Waals surface area contributed by atoms with Crippen molar-refractivity contribution in [1.82, 2.24) is 10.0 Å². The third-order valence-electron chi connectivity index (χ3n) is 2.94. The number of sulfonamides is 1. The van der Waals surface area contributed by atoms with E-state index >= 15 is 0 Å². The summed E-state index contributed by atoms with van der Waals surface area (Å²) in [6.07, 6.45) is 3.62. The molecule has 21 heavy (non-hydrogen) atoms. The molecule has 0 saturated heterocycles. The maximum Gasteiger partial charge on any atom is 0.250 e. The van der Waals surface area contributed by atoms with Gasteiger partial charge in [-0.15, -0.1) is 11.3 Å². The van der Waals surface area contributed by atoms with E-state index in [0.717, 1.165) is 43.6 Å². The number of thiophene rings is 1. The molecule has 0 aliphatic heterocycles. The van der Waals surface area contributed by atoms with Crippen molar-refractivity contribution in [3.63, 3.8) is 0 Å². The van der Waals surface area contributed by atoms with E-state index < -0.39 is 10.0 Å². The van der Waals surface area contributed by atoms with Crippen molar-refractivity contribution in [3.05, 3.63) is 17.0 Å². The number of nitrogens with one attached hydrogen (secondary N) is 2. The van der Waals surface area contributed by atoms with Crippen LogP contribution in [0.3, 0.4) is 0 Å². The van der Waals surface area contributed by atoms with E-state index in [1.807, 2.05) is 6.07 Å². The van der Waals surface area contributed by atoms with Gasteiger partial charge in [0.2, 0.25) is 10.0 Å². The highest BCUT2D eigenvalue weighted by atomic mass is 32.2. The highest BCUT2D eigenvalue weighted by Crippen LogP contribution is 2.21. The monoisotopic (exact) mass is 334 g/mol. The number of hydrogen-bond donors (Lipinski definition) is 2. The predicted octanol–water partition coefficient (Wildman–Crippen LogP) is 2.00. The van der Waals surface area contributed by atoms with Gasteiger partial charge in [0.05, 0.1) is 0 Å². The van der Waals surface area contributed by atoms with E-state index in [-0.39, 0.29) is 0 Å². The maximum atomic E-state index is 12.1. The second-order valence-electron chi connectivity index (χ2n) is 4.82. The van der Waals surface area contributed by atoms with Gasteiger partial charge in [-0.25, -0.2) is 13.1 Å². The summed E-state index contributed by atoms with van der Waals surface area (Å²) in [5.74, 6) is 0. The molecule has 0 saturated carbocycles. The molecule has 0 atom stereocenters. The largest absolute Gasteiger partial charge is 0.385 e. The number of methoxy groups -OCH3 is 1. The summed E-state index contributed by atoms with van der Waals surface area (Å²) < 4.78 is 32.2. The van der Waals surface area contributed by atoms with Crippen LogP contribution in [0.25, 0.3) is 0 Å². The minimum atomic E-state index is -3.35. The number of hydrogen-bond acceptors (Lipinski definition) is 5. The molecule has 0 aliphatic rings. The zero-order valence-corrected chi connectivity index (χ0v) is 14.5. The summed E-state index contributed by atoms with van der Waals surface area (Å²) in [5, 5.41) is 3.32. The first-order valence-electron chi connectivity index (χ1n) is 7.38. The SMILES string of the molecule is CCCNCCc1ccc(S(=O)(=O)NCCCCOC)s1. The molecule has 0 unspecified atom stereocenters. The summed E-state index contributed by atoms with van der Waals surface area (Å²) in [6, 6.07) is 3.59. The van der Waals surface area contributed by atoms with Gasteiger partial charge in [0.15, 0.2) is 0 Å². The van der Waals surface area contributed by atoms with Gasteiger partial charge in [0.25, 0.3) is 0 Å². The Morgan fingerprint density at radius 3 is 2.71 bits per heavy atom. The molecule has 1 aromatic heterocycles. The lowest BCUT2D eigenvalue weighted by atomic mass is 10.3. The van der Waals surface area contributed by atoms with Crippen molar-refractivity contribution in [2.75, 3.05) is 33.4 Å². The Balaban J connectivity index is 2.39. The van der Waals surface area contributed by atoms with Crippen LogP contribution in [0.2, 0.25) is 0 Å². The Morgan fingerprint density at radius 2 is 2.00 bits per heavy atom. The van der Waals surface area contributed by atoms with Crippen molar-refractivity contribution in [3.8, 4) is 0 Å². The van der Waals surface area contributed by atoms with Crippen LogP contribution in [0, 0.1) is 0 Å². The Hall–Kier alpha value is -0.470. The molecule has 0 bridgehead atoms. The summed E-state index contributed by atoms with van der Waals surface area (Å²) in [4.78, 5) is 1.10. The van der Waals surface area contributed by atoms with E-state index in [1.165, 1.54) is 11.3 Å². The van der Waals surface area contributed by atoms with E-state index in [1.54, 1.807) is 13.2 Å². The van der Waals surface area contributed by atoms with Crippen LogP contribution in [-0.4, -0.2) is 41.8 Å². The summed E-state index contributed by atoms with van der Waals surface area (Å²) in [6.45, 7) is 5.13. The van der Waals surface area contributed by atoms with Crippen LogP contribution in [0.1, 0.15) is 31.1 Å². The normalized spacial score (nSPS) is 11.9. The highest BCUT2D eigenvalue weighted by Gasteiger charge is 2.15. The van der Waals surface area contributed by atoms with Gasteiger partial charge in [-0.05, 0) is 50.9 Å². The predicted molar refractivity (Wildman–Crippen MR) is 87.5 cm³/mol. The molecule has 1 heterocycles. The van der Waals surface area contributed by atoms with Crippen LogP contribution in [0.4, 0.5) is 0 Å². The standard InChI is InChI=1S/C14H26N2O3S2/c1-3-9-15-11-8-13-6-7-14(20-13)21(17,18)16-10-4-5-12-19-2/h6-7,15-16H,3-5,8-12H2,1-2H3. The van der Waals surface area contributed by atoms with Crippen molar-refractivity contribution in [2.24, 2.45) is 0 Å². The van der Waals surface area contributed by atoms with Crippen LogP contribution in [0.15, 0.2) is 16.3 Å². The minimum absolute atomic E-state index is 0.403. The van der Waals surface area contributed by atoms with E-state index in [4.69, 9.17) is 4.74 Å². The lowest BCUT2D eigenvalue weighted by molar-refractivity contribution is 0.193. The molecule has 0 amide bonds. The molecule has 5 nitrogen and oxygen atoms in total. The van der Waals surface area contributed by atoms with Crippen molar-refractivity contribution in [1.29, 1.82) is 0 Å². The van der Waals surface area contributed by atoms with Crippen LogP contribution in [0.5, 0.6) is 0 Å². The summed E-state index contributed by atoms with van der Waals surface area (Å²) in [5.41, 5.74) is 0. The van der Waals surface area contributed by atoms with Gasteiger partial charge in [0.1, 0.15) is 4.21 Å². The molecule has 0 spiro atoms. The van der Waals surface area contributed by atoms with E-state index in [9.17, 15) is 8.42 Å². The van der Waals surface area contributed by atoms with Crippen molar-refractivity contribution in [2.45, 2.75) is 36.8 Å². The van der Waals surface area contributed by atoms with Gasteiger partial charge >= 0.3 is 0 Å². The quantitative estimate of drug-likeness (QED) is 0.574. The van der Waals surface area contributed by atoms with Crippen molar-refractivity contribution < 1.29 is 13.2 Å². The van der Waals surface area contributed by atoms with Gasteiger partial charge in [-0.1, -0.05) is 6.92 Å². The topological polar surface area (TPSA) is 67.4 Å². The van der Waals surface area contributed by atoms with Crippen LogP contribution >= 0.6 is 11.3 Å². The number of unbranched alkanes of at least 4 members (excludes halogenated alkanes) is 1. The van der Waals surface area contributed by atoms with Crippen LogP contribution in [-0.2, 0) is 21.2 Å². The fraction of sp³-hybridized carbons (Fsp3) is 0.714. The first-order valence-corrected chi connectivity index (χ1v) is 9.68. The minimum Gasteiger partial charge on any atom is -0.385 e. The lowest BCUT2D eigenvalue weighted by Gasteiger charge is -2.04.